The fraction of sp³-hybridized carbons (Fsp3) is 0.273. The van der Waals surface area contributed by atoms with Gasteiger partial charge in [0.25, 0.3) is 0 Å². The molecule has 0 radical (unpaired) electrons. The molecule has 1 aliphatic heterocycles. The van der Waals surface area contributed by atoms with E-state index in [-0.39, 0.29) is 6.91 Å². The minimum atomic E-state index is 0. The van der Waals surface area contributed by atoms with Crippen molar-refractivity contribution in [3.63, 3.8) is 0 Å². The standard InChI is InChI=1S/C22H25N7.H2/c1-14-6-4-5-7-19(14)26-18-10-17-12-28(9-8-20(17)25-11-18)22-16(3)15(2)21(24)29(13-23)27-22;/h4-7,10-11,13,23-24,26H,8-9,12H2,1-3H3;1H. The third-order valence-corrected chi connectivity index (χ3v) is 5.57. The predicted octanol–water partition coefficient (Wildman–Crippen LogP) is 3.69. The van der Waals surface area contributed by atoms with Gasteiger partial charge in [0.2, 0.25) is 0 Å². The number of aryl methyl sites for hydroxylation is 1. The highest BCUT2D eigenvalue weighted by molar-refractivity contribution is 5.63. The van der Waals surface area contributed by atoms with Crippen LogP contribution in [-0.4, -0.2) is 27.6 Å². The molecule has 0 unspecified atom stereocenters. The van der Waals surface area contributed by atoms with Crippen LogP contribution in [0.5, 0.6) is 0 Å². The number of fused-ring (bicyclic) bond motifs is 1. The minimum Gasteiger partial charge on any atom is -0.354 e. The molecule has 0 fully saturated rings. The minimum absolute atomic E-state index is 0. The highest BCUT2D eigenvalue weighted by atomic mass is 15.3. The molecule has 3 aromatic rings. The first-order valence-corrected chi connectivity index (χ1v) is 9.68. The van der Waals surface area contributed by atoms with Crippen molar-refractivity contribution in [1.29, 1.82) is 10.8 Å². The number of rotatable bonds is 4. The molecular formula is C22H27N7. The Morgan fingerprint density at radius 3 is 2.72 bits per heavy atom. The second-order valence-corrected chi connectivity index (χ2v) is 7.44. The van der Waals surface area contributed by atoms with Gasteiger partial charge in [0.1, 0.15) is 6.34 Å². The first kappa shape index (κ1) is 18.9. The van der Waals surface area contributed by atoms with Crippen LogP contribution in [-0.2, 0) is 13.0 Å². The van der Waals surface area contributed by atoms with Gasteiger partial charge in [0.15, 0.2) is 11.3 Å². The van der Waals surface area contributed by atoms with Crippen molar-refractivity contribution in [3.8, 4) is 0 Å². The summed E-state index contributed by atoms with van der Waals surface area (Å²) in [5.41, 5.74) is 7.60. The fourth-order valence-corrected chi connectivity index (χ4v) is 3.68. The molecule has 0 spiro atoms. The summed E-state index contributed by atoms with van der Waals surface area (Å²) in [6, 6.07) is 10.4. The molecule has 1 aliphatic rings. The lowest BCUT2D eigenvalue weighted by molar-refractivity contribution is 0.677. The van der Waals surface area contributed by atoms with Gasteiger partial charge < -0.3 is 10.2 Å². The molecule has 0 saturated heterocycles. The van der Waals surface area contributed by atoms with E-state index in [1.165, 1.54) is 15.8 Å². The number of pyridine rings is 1. The van der Waals surface area contributed by atoms with Crippen molar-refractivity contribution in [1.82, 2.24) is 14.8 Å². The van der Waals surface area contributed by atoms with Crippen molar-refractivity contribution in [2.75, 3.05) is 16.8 Å². The monoisotopic (exact) mass is 389 g/mol. The van der Waals surface area contributed by atoms with Crippen LogP contribution in [0.15, 0.2) is 36.5 Å². The van der Waals surface area contributed by atoms with Gasteiger partial charge in [-0.25, -0.2) is 4.68 Å². The molecule has 0 atom stereocenters. The second-order valence-electron chi connectivity index (χ2n) is 7.44. The zero-order valence-corrected chi connectivity index (χ0v) is 17.0. The van der Waals surface area contributed by atoms with E-state index in [1.54, 1.807) is 0 Å². The Balaban J connectivity index is 0.00000256. The average molecular weight is 390 g/mol. The Bertz CT molecular complexity index is 1150. The highest BCUT2D eigenvalue weighted by Crippen LogP contribution is 2.28. The van der Waals surface area contributed by atoms with Gasteiger partial charge in [-0.3, -0.25) is 15.8 Å². The van der Waals surface area contributed by atoms with Crippen molar-refractivity contribution in [2.45, 2.75) is 33.7 Å². The number of nitrogens with one attached hydrogen (secondary N) is 3. The number of anilines is 3. The van der Waals surface area contributed by atoms with E-state index in [2.05, 4.69) is 45.4 Å². The van der Waals surface area contributed by atoms with E-state index in [4.69, 9.17) is 10.8 Å². The molecule has 0 saturated carbocycles. The van der Waals surface area contributed by atoms with Crippen molar-refractivity contribution < 1.29 is 1.43 Å². The van der Waals surface area contributed by atoms with Crippen molar-refractivity contribution >= 4 is 23.5 Å². The Hall–Kier alpha value is -3.48. The number of nitrogens with zero attached hydrogens (tertiary/aromatic N) is 4. The fourth-order valence-electron chi connectivity index (χ4n) is 3.68. The zero-order chi connectivity index (χ0) is 20.5. The van der Waals surface area contributed by atoms with Crippen LogP contribution >= 0.6 is 0 Å². The lowest BCUT2D eigenvalue weighted by Crippen LogP contribution is -2.36. The van der Waals surface area contributed by atoms with Gasteiger partial charge in [0.05, 0.1) is 11.9 Å². The van der Waals surface area contributed by atoms with Gasteiger partial charge in [0, 0.05) is 37.9 Å². The maximum atomic E-state index is 8.13. The van der Waals surface area contributed by atoms with Gasteiger partial charge in [-0.2, -0.15) is 0 Å². The van der Waals surface area contributed by atoms with Gasteiger partial charge in [-0.05, 0) is 49.6 Å². The largest absolute Gasteiger partial charge is 0.354 e. The quantitative estimate of drug-likeness (QED) is 0.469. The molecular weight excluding hydrogens is 362 g/mol. The Morgan fingerprint density at radius 1 is 1.17 bits per heavy atom. The smallest absolute Gasteiger partial charge is 0.153 e. The Labute approximate surface area is 171 Å². The summed E-state index contributed by atoms with van der Waals surface area (Å²) in [6.07, 6.45) is 3.82. The molecule has 0 amide bonds. The van der Waals surface area contributed by atoms with Crippen LogP contribution in [0.1, 0.15) is 29.4 Å². The van der Waals surface area contributed by atoms with Crippen LogP contribution in [0.3, 0.4) is 0 Å². The van der Waals surface area contributed by atoms with E-state index in [1.807, 2.05) is 32.2 Å². The number of hydrogen-bond acceptors (Lipinski definition) is 6. The van der Waals surface area contributed by atoms with E-state index in [0.29, 0.717) is 6.54 Å². The van der Waals surface area contributed by atoms with Crippen LogP contribution in [0, 0.1) is 31.6 Å². The maximum absolute atomic E-state index is 8.13. The van der Waals surface area contributed by atoms with Crippen molar-refractivity contribution in [3.05, 3.63) is 70.0 Å². The van der Waals surface area contributed by atoms with Gasteiger partial charge in [-0.1, -0.05) is 18.2 Å². The molecule has 0 aliphatic carbocycles. The molecule has 1 aromatic carbocycles. The number of aromatic nitrogens is 3. The molecule has 29 heavy (non-hydrogen) atoms. The summed E-state index contributed by atoms with van der Waals surface area (Å²) < 4.78 is 1.32. The van der Waals surface area contributed by atoms with Crippen molar-refractivity contribution in [2.24, 2.45) is 0 Å². The lowest BCUT2D eigenvalue weighted by atomic mass is 10.0. The summed E-state index contributed by atoms with van der Waals surface area (Å²) in [5, 5.41) is 23.7. The normalized spacial score (nSPS) is 13.1. The Kier molecular flexibility index (Phi) is 4.88. The topological polar surface area (TPSA) is 93.7 Å². The summed E-state index contributed by atoms with van der Waals surface area (Å²) in [5.74, 6) is 0.824. The third-order valence-electron chi connectivity index (χ3n) is 5.57. The van der Waals surface area contributed by atoms with E-state index in [9.17, 15) is 0 Å². The molecule has 0 bridgehead atoms. The number of benzene rings is 1. The second kappa shape index (κ2) is 7.50. The summed E-state index contributed by atoms with van der Waals surface area (Å²) >= 11 is 0. The molecule has 150 valence electrons. The highest BCUT2D eigenvalue weighted by Gasteiger charge is 2.22. The maximum Gasteiger partial charge on any atom is 0.153 e. The first-order valence-electron chi connectivity index (χ1n) is 9.68. The predicted molar refractivity (Wildman–Crippen MR) is 117 cm³/mol. The summed E-state index contributed by atoms with van der Waals surface area (Å²) in [7, 11) is 0. The lowest BCUT2D eigenvalue weighted by Gasteiger charge is -2.31. The molecule has 2 aromatic heterocycles. The Morgan fingerprint density at radius 2 is 1.97 bits per heavy atom. The van der Waals surface area contributed by atoms with E-state index < -0.39 is 0 Å². The summed E-state index contributed by atoms with van der Waals surface area (Å²) in [6.45, 7) is 7.50. The average Bonchev–Trinajstić information content (AvgIpc) is 2.73. The van der Waals surface area contributed by atoms with E-state index in [0.717, 1.165) is 53.3 Å². The molecule has 3 heterocycles. The molecule has 3 N–H and O–H groups in total. The molecule has 7 heteroatoms. The van der Waals surface area contributed by atoms with Crippen LogP contribution in [0.25, 0.3) is 0 Å². The zero-order valence-electron chi connectivity index (χ0n) is 17.0. The van der Waals surface area contributed by atoms with E-state index >= 15 is 0 Å². The summed E-state index contributed by atoms with van der Waals surface area (Å²) in [4.78, 5) is 6.89. The number of hydrogen-bond donors (Lipinski definition) is 3. The van der Waals surface area contributed by atoms with Crippen LogP contribution < -0.4 is 15.7 Å². The molecule has 7 nitrogen and oxygen atoms in total. The molecule has 4 rings (SSSR count). The SMILES string of the molecule is Cc1ccccc1Nc1cnc2c(c1)CN(c1nn(C=N)c(=N)c(C)c1C)CC2.[HH]. The van der Waals surface area contributed by atoms with Crippen LogP contribution in [0.2, 0.25) is 0 Å². The van der Waals surface area contributed by atoms with Crippen LogP contribution in [0.4, 0.5) is 17.2 Å². The first-order chi connectivity index (χ1) is 14.0. The number of para-hydroxylation sites is 1. The third kappa shape index (κ3) is 3.51. The van der Waals surface area contributed by atoms with Gasteiger partial charge in [-0.15, -0.1) is 5.10 Å². The van der Waals surface area contributed by atoms with Gasteiger partial charge >= 0.3 is 0 Å².